The van der Waals surface area contributed by atoms with Gasteiger partial charge in [-0.25, -0.2) is 9.97 Å². The molecule has 0 saturated heterocycles. The second kappa shape index (κ2) is 4.44. The first-order chi connectivity index (χ1) is 6.98. The van der Waals surface area contributed by atoms with Gasteiger partial charge in [0.1, 0.15) is 11.4 Å². The molecule has 0 saturated carbocycles. The highest BCUT2D eigenvalue weighted by Gasteiger charge is 2.28. The van der Waals surface area contributed by atoms with Gasteiger partial charge in [-0.2, -0.15) is 0 Å². The molecule has 0 aliphatic rings. The van der Waals surface area contributed by atoms with Crippen molar-refractivity contribution in [1.29, 1.82) is 0 Å². The summed E-state index contributed by atoms with van der Waals surface area (Å²) < 4.78 is 0. The van der Waals surface area contributed by atoms with E-state index < -0.39 is 11.4 Å². The van der Waals surface area contributed by atoms with E-state index in [2.05, 4.69) is 15.3 Å². The average molecular weight is 229 g/mol. The molecule has 0 aliphatic carbocycles. The van der Waals surface area contributed by atoms with Crippen LogP contribution in [-0.2, 0) is 4.79 Å². The molecule has 1 amide bonds. The van der Waals surface area contributed by atoms with Crippen molar-refractivity contribution in [2.45, 2.75) is 25.8 Å². The number of hydrogen-bond acceptors (Lipinski definition) is 4. The van der Waals surface area contributed by atoms with Gasteiger partial charge in [0, 0.05) is 6.20 Å². The molecule has 82 valence electrons. The fourth-order valence-corrected chi connectivity index (χ4v) is 1.16. The van der Waals surface area contributed by atoms with E-state index in [9.17, 15) is 4.79 Å². The molecular formula is C9H13ClN4O. The van der Waals surface area contributed by atoms with Crippen LogP contribution in [0.1, 0.15) is 20.3 Å². The van der Waals surface area contributed by atoms with Crippen molar-refractivity contribution in [3.8, 4) is 0 Å². The number of carbonyl (C=O) groups is 1. The third-order valence-corrected chi connectivity index (χ3v) is 2.46. The lowest BCUT2D eigenvalue weighted by atomic mass is 9.98. The van der Waals surface area contributed by atoms with E-state index in [1.807, 2.05) is 6.92 Å². The maximum Gasteiger partial charge on any atom is 0.242 e. The molecule has 0 bridgehead atoms. The predicted octanol–water partition coefficient (Wildman–Crippen LogP) is 1.20. The van der Waals surface area contributed by atoms with Gasteiger partial charge in [-0.05, 0) is 31.0 Å². The Morgan fingerprint density at radius 1 is 1.73 bits per heavy atom. The molecule has 15 heavy (non-hydrogen) atoms. The summed E-state index contributed by atoms with van der Waals surface area (Å²) in [6.45, 7) is 3.58. The predicted molar refractivity (Wildman–Crippen MR) is 58.6 cm³/mol. The fraction of sp³-hybridized carbons (Fsp3) is 0.444. The summed E-state index contributed by atoms with van der Waals surface area (Å²) in [4.78, 5) is 18.9. The van der Waals surface area contributed by atoms with Crippen molar-refractivity contribution in [3.63, 3.8) is 0 Å². The minimum absolute atomic E-state index is 0.128. The van der Waals surface area contributed by atoms with Crippen LogP contribution in [0.5, 0.6) is 0 Å². The topological polar surface area (TPSA) is 80.9 Å². The maximum absolute atomic E-state index is 11.2. The highest BCUT2D eigenvalue weighted by atomic mass is 35.5. The van der Waals surface area contributed by atoms with Gasteiger partial charge in [-0.15, -0.1) is 0 Å². The normalized spacial score (nSPS) is 14.3. The Kier molecular flexibility index (Phi) is 3.47. The van der Waals surface area contributed by atoms with Crippen LogP contribution in [0.3, 0.4) is 0 Å². The van der Waals surface area contributed by atoms with Crippen LogP contribution in [0.25, 0.3) is 0 Å². The molecule has 0 aromatic carbocycles. The number of hydrogen-bond donors (Lipinski definition) is 2. The van der Waals surface area contributed by atoms with Crippen LogP contribution < -0.4 is 11.1 Å². The number of carbonyl (C=O) groups excluding carboxylic acids is 1. The summed E-state index contributed by atoms with van der Waals surface area (Å²) in [5.74, 6) is 0.0536. The van der Waals surface area contributed by atoms with Crippen LogP contribution in [-0.4, -0.2) is 21.4 Å². The third-order valence-electron chi connectivity index (χ3n) is 2.28. The van der Waals surface area contributed by atoms with Gasteiger partial charge < -0.3 is 11.1 Å². The number of primary amides is 1. The van der Waals surface area contributed by atoms with Crippen molar-refractivity contribution in [1.82, 2.24) is 9.97 Å². The minimum atomic E-state index is -0.822. The number of halogens is 1. The van der Waals surface area contributed by atoms with Crippen LogP contribution in [0.2, 0.25) is 5.28 Å². The maximum atomic E-state index is 11.2. The first-order valence-electron chi connectivity index (χ1n) is 4.54. The number of nitrogens with two attached hydrogens (primary N) is 1. The van der Waals surface area contributed by atoms with E-state index in [1.54, 1.807) is 13.0 Å². The zero-order valence-corrected chi connectivity index (χ0v) is 9.38. The first-order valence-corrected chi connectivity index (χ1v) is 4.92. The molecule has 1 atom stereocenters. The van der Waals surface area contributed by atoms with Crippen molar-refractivity contribution in [3.05, 3.63) is 17.5 Å². The van der Waals surface area contributed by atoms with Gasteiger partial charge in [-0.1, -0.05) is 6.92 Å². The van der Waals surface area contributed by atoms with E-state index in [1.165, 1.54) is 6.20 Å². The van der Waals surface area contributed by atoms with E-state index in [0.29, 0.717) is 12.2 Å². The SMILES string of the molecule is CCC(C)(Nc1ccnc(Cl)n1)C(N)=O. The van der Waals surface area contributed by atoms with Gasteiger partial charge in [0.15, 0.2) is 0 Å². The zero-order valence-electron chi connectivity index (χ0n) is 8.62. The summed E-state index contributed by atoms with van der Waals surface area (Å²) in [6, 6.07) is 1.63. The van der Waals surface area contributed by atoms with E-state index in [0.717, 1.165) is 0 Å². The molecule has 1 heterocycles. The first kappa shape index (κ1) is 11.7. The molecule has 5 nitrogen and oxygen atoms in total. The highest BCUT2D eigenvalue weighted by Crippen LogP contribution is 2.16. The molecule has 1 rings (SSSR count). The molecule has 0 fully saturated rings. The van der Waals surface area contributed by atoms with Crippen molar-refractivity contribution in [2.24, 2.45) is 5.73 Å². The molecule has 1 unspecified atom stereocenters. The average Bonchev–Trinajstić information content (AvgIpc) is 2.17. The number of aromatic nitrogens is 2. The van der Waals surface area contributed by atoms with Crippen LogP contribution in [0.15, 0.2) is 12.3 Å². The second-order valence-electron chi connectivity index (χ2n) is 3.39. The van der Waals surface area contributed by atoms with Gasteiger partial charge in [-0.3, -0.25) is 4.79 Å². The van der Waals surface area contributed by atoms with Crippen LogP contribution in [0, 0.1) is 0 Å². The third kappa shape index (κ3) is 2.79. The number of nitrogens with zero attached hydrogens (tertiary/aromatic N) is 2. The Labute approximate surface area is 93.0 Å². The molecule has 0 aliphatic heterocycles. The molecule has 6 heteroatoms. The summed E-state index contributed by atoms with van der Waals surface area (Å²) in [7, 11) is 0. The largest absolute Gasteiger partial charge is 0.368 e. The fourth-order valence-electron chi connectivity index (χ4n) is 1.01. The molecule has 0 spiro atoms. The quantitative estimate of drug-likeness (QED) is 0.759. The van der Waals surface area contributed by atoms with Gasteiger partial charge in [0.2, 0.25) is 11.2 Å². The number of anilines is 1. The molecule has 1 aromatic heterocycles. The summed E-state index contributed by atoms with van der Waals surface area (Å²) >= 11 is 5.62. The lowest BCUT2D eigenvalue weighted by Gasteiger charge is -2.26. The van der Waals surface area contributed by atoms with E-state index in [4.69, 9.17) is 17.3 Å². The van der Waals surface area contributed by atoms with E-state index in [-0.39, 0.29) is 5.28 Å². The lowest BCUT2D eigenvalue weighted by Crippen LogP contribution is -2.47. The Hall–Kier alpha value is -1.36. The minimum Gasteiger partial charge on any atom is -0.368 e. The Bertz CT molecular complexity index is 371. The summed E-state index contributed by atoms with van der Waals surface area (Å²) in [6.07, 6.45) is 2.07. The zero-order chi connectivity index (χ0) is 11.5. The smallest absolute Gasteiger partial charge is 0.242 e. The monoisotopic (exact) mass is 228 g/mol. The number of nitrogens with one attached hydrogen (secondary N) is 1. The van der Waals surface area contributed by atoms with Crippen LogP contribution in [0.4, 0.5) is 5.82 Å². The Morgan fingerprint density at radius 3 is 2.87 bits per heavy atom. The molecular weight excluding hydrogens is 216 g/mol. The number of amides is 1. The van der Waals surface area contributed by atoms with Crippen molar-refractivity contribution < 1.29 is 4.79 Å². The molecule has 3 N–H and O–H groups in total. The molecule has 1 aromatic rings. The molecule has 0 radical (unpaired) electrons. The van der Waals surface area contributed by atoms with Crippen molar-refractivity contribution >= 4 is 23.3 Å². The van der Waals surface area contributed by atoms with Crippen molar-refractivity contribution in [2.75, 3.05) is 5.32 Å². The second-order valence-corrected chi connectivity index (χ2v) is 3.72. The van der Waals surface area contributed by atoms with Gasteiger partial charge >= 0.3 is 0 Å². The highest BCUT2D eigenvalue weighted by molar-refractivity contribution is 6.28. The summed E-state index contributed by atoms with van der Waals surface area (Å²) in [5.41, 5.74) is 4.47. The number of rotatable bonds is 4. The van der Waals surface area contributed by atoms with Gasteiger partial charge in [0.25, 0.3) is 0 Å². The lowest BCUT2D eigenvalue weighted by molar-refractivity contribution is -0.121. The standard InChI is InChI=1S/C9H13ClN4O/c1-3-9(2,7(11)15)14-6-4-5-12-8(10)13-6/h4-5H,3H2,1-2H3,(H2,11,15)(H,12,13,14). The van der Waals surface area contributed by atoms with Gasteiger partial charge in [0.05, 0.1) is 0 Å². The summed E-state index contributed by atoms with van der Waals surface area (Å²) in [5, 5.41) is 3.06. The van der Waals surface area contributed by atoms with E-state index >= 15 is 0 Å². The Balaban J connectivity index is 2.89. The Morgan fingerprint density at radius 2 is 2.40 bits per heavy atom. The van der Waals surface area contributed by atoms with Crippen LogP contribution >= 0.6 is 11.6 Å².